The van der Waals surface area contributed by atoms with Crippen LogP contribution in [0.25, 0.3) is 17.0 Å². The van der Waals surface area contributed by atoms with Crippen LogP contribution in [-0.2, 0) is 11.2 Å². The molecule has 0 aliphatic rings. The monoisotopic (exact) mass is 340 g/mol. The summed E-state index contributed by atoms with van der Waals surface area (Å²) in [4.78, 5) is 11.9. The van der Waals surface area contributed by atoms with Gasteiger partial charge in [-0.1, -0.05) is 30.0 Å². The van der Waals surface area contributed by atoms with E-state index in [0.717, 1.165) is 12.0 Å². The molecule has 3 rings (SSSR count). The second kappa shape index (κ2) is 7.27. The molecule has 0 amide bonds. The number of thioether (sulfide) groups is 1. The summed E-state index contributed by atoms with van der Waals surface area (Å²) < 4.78 is 5.27. The third-order valence-corrected chi connectivity index (χ3v) is 4.38. The molecule has 0 spiro atoms. The van der Waals surface area contributed by atoms with E-state index >= 15 is 0 Å². The van der Waals surface area contributed by atoms with Crippen molar-refractivity contribution in [2.45, 2.75) is 6.42 Å². The van der Waals surface area contributed by atoms with E-state index in [1.165, 1.54) is 24.1 Å². The highest BCUT2D eigenvalue weighted by atomic mass is 32.2. The van der Waals surface area contributed by atoms with Crippen molar-refractivity contribution in [3.63, 3.8) is 0 Å². The van der Waals surface area contributed by atoms with Crippen molar-refractivity contribution in [3.05, 3.63) is 65.9 Å². The van der Waals surface area contributed by atoms with Crippen LogP contribution >= 0.6 is 11.8 Å². The third kappa shape index (κ3) is 4.00. The van der Waals surface area contributed by atoms with Crippen LogP contribution in [0.15, 0.2) is 59.2 Å². The SMILES string of the molecule is O=C(/C=C/c1cc(O)c2ccoc2c1)SCCc1ccc(O)cc1. The lowest BCUT2D eigenvalue weighted by atomic mass is 10.1. The Morgan fingerprint density at radius 2 is 1.92 bits per heavy atom. The summed E-state index contributed by atoms with van der Waals surface area (Å²) in [5.41, 5.74) is 2.37. The second-order valence-corrected chi connectivity index (χ2v) is 6.39. The minimum Gasteiger partial charge on any atom is -0.508 e. The zero-order valence-corrected chi connectivity index (χ0v) is 13.6. The highest BCUT2D eigenvalue weighted by Crippen LogP contribution is 2.28. The van der Waals surface area contributed by atoms with Crippen molar-refractivity contribution >= 4 is 33.9 Å². The predicted molar refractivity (Wildman–Crippen MR) is 96.2 cm³/mol. The molecular weight excluding hydrogens is 324 g/mol. The minimum absolute atomic E-state index is 0.0483. The molecule has 0 unspecified atom stereocenters. The largest absolute Gasteiger partial charge is 0.508 e. The average molecular weight is 340 g/mol. The van der Waals surface area contributed by atoms with Crippen molar-refractivity contribution in [2.75, 3.05) is 5.75 Å². The maximum absolute atomic E-state index is 11.9. The molecule has 1 aromatic heterocycles. The van der Waals surface area contributed by atoms with E-state index in [1.54, 1.807) is 36.4 Å². The molecule has 0 fully saturated rings. The lowest BCUT2D eigenvalue weighted by Crippen LogP contribution is -1.92. The van der Waals surface area contributed by atoms with Gasteiger partial charge < -0.3 is 14.6 Å². The average Bonchev–Trinajstić information content (AvgIpc) is 3.04. The Morgan fingerprint density at radius 1 is 1.12 bits per heavy atom. The first-order valence-electron chi connectivity index (χ1n) is 7.45. The van der Waals surface area contributed by atoms with Crippen molar-refractivity contribution in [2.24, 2.45) is 0 Å². The van der Waals surface area contributed by atoms with Crippen molar-refractivity contribution in [1.29, 1.82) is 0 Å². The molecular formula is C19H16O4S. The summed E-state index contributed by atoms with van der Waals surface area (Å²) in [6, 6.07) is 12.0. The molecule has 5 heteroatoms. The van der Waals surface area contributed by atoms with Gasteiger partial charge in [-0.3, -0.25) is 4.79 Å². The first-order chi connectivity index (χ1) is 11.6. The van der Waals surface area contributed by atoms with Gasteiger partial charge in [0, 0.05) is 5.75 Å². The maximum atomic E-state index is 11.9. The Bertz CT molecular complexity index is 878. The van der Waals surface area contributed by atoms with Crippen molar-refractivity contribution < 1.29 is 19.4 Å². The molecule has 24 heavy (non-hydrogen) atoms. The van der Waals surface area contributed by atoms with Crippen LogP contribution in [0.1, 0.15) is 11.1 Å². The molecule has 4 nitrogen and oxygen atoms in total. The summed E-state index contributed by atoms with van der Waals surface area (Å²) in [6.07, 6.45) is 5.43. The summed E-state index contributed by atoms with van der Waals surface area (Å²) in [5, 5.41) is 19.7. The Balaban J connectivity index is 1.55. The number of aryl methyl sites for hydroxylation is 1. The van der Waals surface area contributed by atoms with Gasteiger partial charge in [-0.05, 0) is 54.0 Å². The normalized spacial score (nSPS) is 11.3. The number of aromatic hydroxyl groups is 2. The molecule has 0 aliphatic heterocycles. The molecule has 0 bridgehead atoms. The van der Waals surface area contributed by atoms with Crippen LogP contribution in [-0.4, -0.2) is 21.1 Å². The zero-order chi connectivity index (χ0) is 16.9. The molecule has 2 aromatic carbocycles. The highest BCUT2D eigenvalue weighted by molar-refractivity contribution is 8.14. The number of hydrogen-bond acceptors (Lipinski definition) is 5. The number of benzene rings is 2. The van der Waals surface area contributed by atoms with Crippen LogP contribution in [0.3, 0.4) is 0 Å². The van der Waals surface area contributed by atoms with E-state index in [9.17, 15) is 15.0 Å². The molecule has 0 saturated carbocycles. The van der Waals surface area contributed by atoms with Crippen LogP contribution in [0.5, 0.6) is 11.5 Å². The lowest BCUT2D eigenvalue weighted by molar-refractivity contribution is -0.106. The summed E-state index contributed by atoms with van der Waals surface area (Å²) >= 11 is 1.23. The second-order valence-electron chi connectivity index (χ2n) is 5.29. The van der Waals surface area contributed by atoms with Gasteiger partial charge in [0.1, 0.15) is 17.1 Å². The lowest BCUT2D eigenvalue weighted by Gasteiger charge is -2.00. The van der Waals surface area contributed by atoms with Crippen LogP contribution < -0.4 is 0 Å². The quantitative estimate of drug-likeness (QED) is 0.675. The molecule has 0 saturated heterocycles. The number of furan rings is 1. The Labute approximate surface area is 143 Å². The predicted octanol–water partition coefficient (Wildman–Crippen LogP) is 4.36. The first-order valence-corrected chi connectivity index (χ1v) is 8.43. The molecule has 3 aromatic rings. The highest BCUT2D eigenvalue weighted by Gasteiger charge is 2.05. The number of carbonyl (C=O) groups is 1. The van der Waals surface area contributed by atoms with Gasteiger partial charge in [0.25, 0.3) is 0 Å². The Morgan fingerprint density at radius 3 is 2.71 bits per heavy atom. The number of rotatable bonds is 5. The fraction of sp³-hybridized carbons (Fsp3) is 0.105. The summed E-state index contributed by atoms with van der Waals surface area (Å²) in [7, 11) is 0. The Hall–Kier alpha value is -2.66. The smallest absolute Gasteiger partial charge is 0.212 e. The third-order valence-electron chi connectivity index (χ3n) is 3.56. The van der Waals surface area contributed by atoms with Gasteiger partial charge in [0.2, 0.25) is 5.12 Å². The number of hydrogen-bond donors (Lipinski definition) is 2. The van der Waals surface area contributed by atoms with Crippen LogP contribution in [0.2, 0.25) is 0 Å². The van der Waals surface area contributed by atoms with Gasteiger partial charge in [-0.15, -0.1) is 0 Å². The standard InChI is InChI=1S/C19H16O4S/c20-15-4-1-13(2-5-15)8-10-24-19(22)6-3-14-11-17(21)16-7-9-23-18(16)12-14/h1-7,9,11-12,20-21H,8,10H2/b6-3+. The topological polar surface area (TPSA) is 70.7 Å². The summed E-state index contributed by atoms with van der Waals surface area (Å²) in [5.74, 6) is 1.03. The zero-order valence-electron chi connectivity index (χ0n) is 12.8. The van der Waals surface area contributed by atoms with E-state index < -0.39 is 0 Å². The van der Waals surface area contributed by atoms with Crippen molar-refractivity contribution in [3.8, 4) is 11.5 Å². The van der Waals surface area contributed by atoms with E-state index in [2.05, 4.69) is 0 Å². The number of carbonyl (C=O) groups excluding carboxylic acids is 1. The number of phenolic OH excluding ortho intramolecular Hbond substituents is 2. The van der Waals surface area contributed by atoms with Gasteiger partial charge in [0.15, 0.2) is 0 Å². The van der Waals surface area contributed by atoms with Gasteiger partial charge >= 0.3 is 0 Å². The Kier molecular flexibility index (Phi) is 4.91. The molecule has 0 radical (unpaired) electrons. The first kappa shape index (κ1) is 16.2. The molecule has 0 aliphatic carbocycles. The fourth-order valence-corrected chi connectivity index (χ4v) is 3.02. The van der Waals surface area contributed by atoms with Gasteiger partial charge in [-0.25, -0.2) is 0 Å². The van der Waals surface area contributed by atoms with E-state index in [0.29, 0.717) is 22.3 Å². The van der Waals surface area contributed by atoms with Gasteiger partial charge in [0.05, 0.1) is 11.6 Å². The van der Waals surface area contributed by atoms with Crippen molar-refractivity contribution in [1.82, 2.24) is 0 Å². The van der Waals surface area contributed by atoms with Crippen LogP contribution in [0, 0.1) is 0 Å². The summed E-state index contributed by atoms with van der Waals surface area (Å²) in [6.45, 7) is 0. The van der Waals surface area contributed by atoms with E-state index in [1.807, 2.05) is 12.1 Å². The number of phenols is 2. The van der Waals surface area contributed by atoms with Gasteiger partial charge in [-0.2, -0.15) is 0 Å². The van der Waals surface area contributed by atoms with E-state index in [4.69, 9.17) is 4.42 Å². The molecule has 2 N–H and O–H groups in total. The molecule has 1 heterocycles. The molecule has 0 atom stereocenters. The van der Waals surface area contributed by atoms with Crippen LogP contribution in [0.4, 0.5) is 0 Å². The number of fused-ring (bicyclic) bond motifs is 1. The fourth-order valence-electron chi connectivity index (χ4n) is 2.31. The minimum atomic E-state index is -0.0483. The molecule has 122 valence electrons. The van der Waals surface area contributed by atoms with E-state index in [-0.39, 0.29) is 16.6 Å². The maximum Gasteiger partial charge on any atom is 0.212 e.